The average Bonchev–Trinajstić information content (AvgIpc) is 3.27. The quantitative estimate of drug-likeness (QED) is 0.731. The maximum absolute atomic E-state index is 5.62. The van der Waals surface area contributed by atoms with Crippen LogP contribution in [-0.4, -0.2) is 34.6 Å². The van der Waals surface area contributed by atoms with Crippen LogP contribution >= 0.6 is 12.4 Å². The molecule has 1 fully saturated rings. The van der Waals surface area contributed by atoms with Crippen LogP contribution in [0, 0.1) is 6.92 Å². The molecular weight excluding hydrogens is 348 g/mol. The van der Waals surface area contributed by atoms with E-state index < -0.39 is 0 Å². The topological polar surface area (TPSA) is 54.0 Å². The SMILES string of the molecule is Cc1nc(N2CCCCC2)c2[nH]c(-c3ccc4c(c3)CCO4)cc2n1.Cl. The second-order valence-electron chi connectivity index (χ2n) is 7.01. The number of fused-ring (bicyclic) bond motifs is 2. The molecule has 1 aromatic carbocycles. The minimum absolute atomic E-state index is 0. The van der Waals surface area contributed by atoms with Crippen LogP contribution in [0.2, 0.25) is 0 Å². The standard InChI is InChI=1S/C20H22N4O.ClH/c1-13-21-17-12-16(14-5-6-18-15(11-14)7-10-25-18)23-19(17)20(22-13)24-8-3-2-4-9-24;/h5-6,11-12,23H,2-4,7-10H2,1H3;1H. The normalized spacial score (nSPS) is 16.3. The number of H-pyrrole nitrogens is 1. The number of aromatic amines is 1. The van der Waals surface area contributed by atoms with Gasteiger partial charge in [-0.15, -0.1) is 12.4 Å². The van der Waals surface area contributed by atoms with E-state index in [0.29, 0.717) is 0 Å². The molecule has 0 bridgehead atoms. The van der Waals surface area contributed by atoms with E-state index >= 15 is 0 Å². The van der Waals surface area contributed by atoms with Crippen LogP contribution in [0.1, 0.15) is 30.7 Å². The molecule has 0 saturated carbocycles. The summed E-state index contributed by atoms with van der Waals surface area (Å²) in [6.07, 6.45) is 4.78. The first kappa shape index (κ1) is 17.2. The number of ether oxygens (including phenoxy) is 1. The highest BCUT2D eigenvalue weighted by Crippen LogP contribution is 2.33. The highest BCUT2D eigenvalue weighted by Gasteiger charge is 2.19. The first-order valence-electron chi connectivity index (χ1n) is 9.16. The summed E-state index contributed by atoms with van der Waals surface area (Å²) in [7, 11) is 0. The third-order valence-electron chi connectivity index (χ3n) is 5.23. The van der Waals surface area contributed by atoms with Gasteiger partial charge in [-0.2, -0.15) is 0 Å². The van der Waals surface area contributed by atoms with Gasteiger partial charge in [0, 0.05) is 25.2 Å². The van der Waals surface area contributed by atoms with Gasteiger partial charge in [0.25, 0.3) is 0 Å². The van der Waals surface area contributed by atoms with Crippen molar-refractivity contribution in [2.45, 2.75) is 32.6 Å². The third kappa shape index (κ3) is 2.90. The summed E-state index contributed by atoms with van der Waals surface area (Å²) in [5.41, 5.74) is 5.63. The van der Waals surface area contributed by atoms with Crippen LogP contribution in [0.4, 0.5) is 5.82 Å². The zero-order valence-electron chi connectivity index (χ0n) is 14.9. The van der Waals surface area contributed by atoms with E-state index in [9.17, 15) is 0 Å². The minimum Gasteiger partial charge on any atom is -0.493 e. The summed E-state index contributed by atoms with van der Waals surface area (Å²) >= 11 is 0. The fourth-order valence-corrected chi connectivity index (χ4v) is 3.95. The van der Waals surface area contributed by atoms with Crippen molar-refractivity contribution in [1.82, 2.24) is 15.0 Å². The number of aryl methyl sites for hydroxylation is 1. The molecule has 2 aromatic heterocycles. The fourth-order valence-electron chi connectivity index (χ4n) is 3.95. The molecule has 3 aromatic rings. The molecule has 0 amide bonds. The Balaban J connectivity index is 0.00000168. The zero-order chi connectivity index (χ0) is 16.8. The molecule has 2 aliphatic heterocycles. The number of piperidine rings is 1. The van der Waals surface area contributed by atoms with Gasteiger partial charge in [0.2, 0.25) is 0 Å². The number of aromatic nitrogens is 3. The van der Waals surface area contributed by atoms with E-state index in [-0.39, 0.29) is 12.4 Å². The Morgan fingerprint density at radius 2 is 1.92 bits per heavy atom. The van der Waals surface area contributed by atoms with Gasteiger partial charge in [0.15, 0.2) is 5.82 Å². The predicted octanol–water partition coefficient (Wildman–Crippen LogP) is 4.28. The minimum atomic E-state index is 0. The van der Waals surface area contributed by atoms with Gasteiger partial charge in [-0.1, -0.05) is 0 Å². The van der Waals surface area contributed by atoms with Gasteiger partial charge < -0.3 is 14.6 Å². The Kier molecular flexibility index (Phi) is 4.49. The van der Waals surface area contributed by atoms with Gasteiger partial charge in [-0.05, 0) is 61.6 Å². The molecule has 0 radical (unpaired) electrons. The smallest absolute Gasteiger partial charge is 0.156 e. The lowest BCUT2D eigenvalue weighted by Gasteiger charge is -2.28. The summed E-state index contributed by atoms with van der Waals surface area (Å²) < 4.78 is 5.62. The number of halogens is 1. The monoisotopic (exact) mass is 370 g/mol. The Morgan fingerprint density at radius 1 is 1.08 bits per heavy atom. The van der Waals surface area contributed by atoms with E-state index in [0.717, 1.165) is 60.2 Å². The maximum Gasteiger partial charge on any atom is 0.156 e. The Bertz CT molecular complexity index is 946. The van der Waals surface area contributed by atoms with E-state index in [1.165, 1.54) is 30.4 Å². The molecule has 4 heterocycles. The molecule has 2 aliphatic rings. The van der Waals surface area contributed by atoms with Crippen molar-refractivity contribution >= 4 is 29.3 Å². The summed E-state index contributed by atoms with van der Waals surface area (Å²) in [6.45, 7) is 4.92. The summed E-state index contributed by atoms with van der Waals surface area (Å²) in [6, 6.07) is 8.57. The lowest BCUT2D eigenvalue weighted by molar-refractivity contribution is 0.357. The Morgan fingerprint density at radius 3 is 2.77 bits per heavy atom. The largest absolute Gasteiger partial charge is 0.493 e. The predicted molar refractivity (Wildman–Crippen MR) is 107 cm³/mol. The molecule has 0 aliphatic carbocycles. The molecule has 5 nitrogen and oxygen atoms in total. The number of benzene rings is 1. The van der Waals surface area contributed by atoms with E-state index in [2.05, 4.69) is 39.1 Å². The molecule has 136 valence electrons. The van der Waals surface area contributed by atoms with Gasteiger partial charge in [0.05, 0.1) is 12.1 Å². The first-order valence-corrected chi connectivity index (χ1v) is 9.16. The van der Waals surface area contributed by atoms with Crippen molar-refractivity contribution in [3.63, 3.8) is 0 Å². The van der Waals surface area contributed by atoms with Gasteiger partial charge in [0.1, 0.15) is 17.1 Å². The van der Waals surface area contributed by atoms with Crippen molar-refractivity contribution in [3.8, 4) is 17.0 Å². The zero-order valence-corrected chi connectivity index (χ0v) is 15.7. The van der Waals surface area contributed by atoms with Crippen molar-refractivity contribution in [2.24, 2.45) is 0 Å². The van der Waals surface area contributed by atoms with Crippen molar-refractivity contribution < 1.29 is 4.74 Å². The van der Waals surface area contributed by atoms with Crippen molar-refractivity contribution in [2.75, 3.05) is 24.6 Å². The maximum atomic E-state index is 5.62. The van der Waals surface area contributed by atoms with Crippen molar-refractivity contribution in [1.29, 1.82) is 0 Å². The molecule has 6 heteroatoms. The first-order chi connectivity index (χ1) is 12.3. The summed E-state index contributed by atoms with van der Waals surface area (Å²) in [5.74, 6) is 2.91. The third-order valence-corrected chi connectivity index (χ3v) is 5.23. The summed E-state index contributed by atoms with van der Waals surface area (Å²) in [4.78, 5) is 15.4. The number of nitrogens with one attached hydrogen (secondary N) is 1. The van der Waals surface area contributed by atoms with E-state index in [4.69, 9.17) is 9.72 Å². The number of hydrogen-bond donors (Lipinski definition) is 1. The molecule has 1 N–H and O–H groups in total. The fraction of sp³-hybridized carbons (Fsp3) is 0.400. The van der Waals surface area contributed by atoms with Crippen LogP contribution in [0.15, 0.2) is 24.3 Å². The van der Waals surface area contributed by atoms with E-state index in [1.54, 1.807) is 0 Å². The lowest BCUT2D eigenvalue weighted by Crippen LogP contribution is -2.30. The molecular formula is C20H23ClN4O. The van der Waals surface area contributed by atoms with Crippen LogP contribution in [-0.2, 0) is 6.42 Å². The molecule has 0 atom stereocenters. The second kappa shape index (κ2) is 6.80. The Labute approximate surface area is 159 Å². The average molecular weight is 371 g/mol. The van der Waals surface area contributed by atoms with Gasteiger partial charge >= 0.3 is 0 Å². The van der Waals surface area contributed by atoms with Gasteiger partial charge in [-0.25, -0.2) is 9.97 Å². The second-order valence-corrected chi connectivity index (χ2v) is 7.01. The number of nitrogens with zero attached hydrogens (tertiary/aromatic N) is 3. The van der Waals surface area contributed by atoms with Crippen LogP contribution < -0.4 is 9.64 Å². The number of rotatable bonds is 2. The molecule has 0 unspecified atom stereocenters. The summed E-state index contributed by atoms with van der Waals surface area (Å²) in [5, 5.41) is 0. The lowest BCUT2D eigenvalue weighted by atomic mass is 10.1. The highest BCUT2D eigenvalue weighted by molar-refractivity contribution is 5.91. The van der Waals surface area contributed by atoms with Crippen LogP contribution in [0.5, 0.6) is 5.75 Å². The molecule has 5 rings (SSSR count). The molecule has 0 spiro atoms. The number of hydrogen-bond acceptors (Lipinski definition) is 4. The highest BCUT2D eigenvalue weighted by atomic mass is 35.5. The van der Waals surface area contributed by atoms with E-state index in [1.807, 2.05) is 6.92 Å². The number of anilines is 1. The van der Waals surface area contributed by atoms with Crippen LogP contribution in [0.25, 0.3) is 22.3 Å². The molecule has 1 saturated heterocycles. The van der Waals surface area contributed by atoms with Crippen LogP contribution in [0.3, 0.4) is 0 Å². The molecule has 26 heavy (non-hydrogen) atoms. The Hall–Kier alpha value is -2.27. The van der Waals surface area contributed by atoms with Crippen molar-refractivity contribution in [3.05, 3.63) is 35.7 Å². The van der Waals surface area contributed by atoms with Gasteiger partial charge in [-0.3, -0.25) is 0 Å².